The molecule has 0 aromatic heterocycles. The third-order valence-corrected chi connectivity index (χ3v) is 5.21. The van der Waals surface area contributed by atoms with Gasteiger partial charge in [0.15, 0.2) is 0 Å². The molecule has 1 aliphatic rings. The minimum atomic E-state index is -3.89. The number of hydrogen-bond donors (Lipinski definition) is 1. The van der Waals surface area contributed by atoms with E-state index >= 15 is 0 Å². The van der Waals surface area contributed by atoms with E-state index in [0.717, 1.165) is 23.2 Å². The highest BCUT2D eigenvalue weighted by atomic mass is 32.2. The molecule has 1 saturated heterocycles. The Bertz CT molecular complexity index is 570. The minimum Gasteiger partial charge on any atom is -0.392 e. The first kappa shape index (κ1) is 15.4. The van der Waals surface area contributed by atoms with Crippen LogP contribution in [0.3, 0.4) is 0 Å². The van der Waals surface area contributed by atoms with Crippen LogP contribution in [0.5, 0.6) is 0 Å². The maximum atomic E-state index is 13.9. The smallest absolute Gasteiger partial charge is 0.245 e. The number of aliphatic hydroxyl groups excluding tert-OH is 1. The number of benzene rings is 1. The van der Waals surface area contributed by atoms with Crippen LogP contribution in [0, 0.1) is 5.82 Å². The Morgan fingerprint density at radius 3 is 2.80 bits per heavy atom. The Balaban J connectivity index is 2.20. The molecule has 0 saturated carbocycles. The summed E-state index contributed by atoms with van der Waals surface area (Å²) in [5.74, 6) is -0.851. The summed E-state index contributed by atoms with van der Waals surface area (Å²) in [7, 11) is -2.47. The van der Waals surface area contributed by atoms with Gasteiger partial charge in [-0.25, -0.2) is 12.8 Å². The van der Waals surface area contributed by atoms with Gasteiger partial charge in [-0.15, -0.1) is 0 Å². The van der Waals surface area contributed by atoms with Crippen LogP contribution in [-0.2, 0) is 21.4 Å². The molecule has 1 aliphatic heterocycles. The van der Waals surface area contributed by atoms with E-state index in [4.69, 9.17) is 9.84 Å². The summed E-state index contributed by atoms with van der Waals surface area (Å²) >= 11 is 0. The van der Waals surface area contributed by atoms with Gasteiger partial charge in [0.25, 0.3) is 0 Å². The van der Waals surface area contributed by atoms with Crippen molar-refractivity contribution in [3.8, 4) is 0 Å². The van der Waals surface area contributed by atoms with Crippen molar-refractivity contribution in [1.29, 1.82) is 0 Å². The minimum absolute atomic E-state index is 0.130. The molecule has 1 unspecified atom stereocenters. The SMILES string of the molecule is CN(CC1CCCO1)S(=O)(=O)c1ccc(CO)cc1F. The summed E-state index contributed by atoms with van der Waals surface area (Å²) in [5.41, 5.74) is 0.336. The van der Waals surface area contributed by atoms with E-state index in [-0.39, 0.29) is 24.2 Å². The van der Waals surface area contributed by atoms with Crippen LogP contribution in [0.25, 0.3) is 0 Å². The fourth-order valence-corrected chi connectivity index (χ4v) is 3.44. The third kappa shape index (κ3) is 3.17. The van der Waals surface area contributed by atoms with Crippen LogP contribution < -0.4 is 0 Å². The predicted octanol–water partition coefficient (Wildman–Crippen LogP) is 1.12. The number of aliphatic hydroxyl groups is 1. The molecular formula is C13H18FNO4S. The van der Waals surface area contributed by atoms with Gasteiger partial charge >= 0.3 is 0 Å². The highest BCUT2D eigenvalue weighted by molar-refractivity contribution is 7.89. The molecule has 0 radical (unpaired) electrons. The molecule has 2 rings (SSSR count). The second-order valence-corrected chi connectivity index (χ2v) is 6.86. The lowest BCUT2D eigenvalue weighted by Crippen LogP contribution is -2.34. The molecule has 1 N–H and O–H groups in total. The predicted molar refractivity (Wildman–Crippen MR) is 71.1 cm³/mol. The normalized spacial score (nSPS) is 19.7. The van der Waals surface area contributed by atoms with Crippen LogP contribution in [0.4, 0.5) is 4.39 Å². The first-order valence-corrected chi connectivity index (χ1v) is 7.86. The lowest BCUT2D eigenvalue weighted by atomic mass is 10.2. The molecule has 1 atom stereocenters. The maximum absolute atomic E-state index is 13.9. The van der Waals surface area contributed by atoms with Crippen molar-refractivity contribution in [3.63, 3.8) is 0 Å². The second-order valence-electron chi connectivity index (χ2n) is 4.84. The Labute approximate surface area is 118 Å². The summed E-state index contributed by atoms with van der Waals surface area (Å²) in [4.78, 5) is -0.379. The first-order chi connectivity index (χ1) is 9.45. The van der Waals surface area contributed by atoms with Crippen molar-refractivity contribution >= 4 is 10.0 Å². The number of nitrogens with zero attached hydrogens (tertiary/aromatic N) is 1. The van der Waals surface area contributed by atoms with Gasteiger partial charge in [0, 0.05) is 20.2 Å². The van der Waals surface area contributed by atoms with Gasteiger partial charge in [-0.1, -0.05) is 6.07 Å². The second kappa shape index (κ2) is 6.17. The van der Waals surface area contributed by atoms with Crippen LogP contribution in [0.15, 0.2) is 23.1 Å². The zero-order valence-corrected chi connectivity index (χ0v) is 12.1. The number of rotatable bonds is 5. The summed E-state index contributed by atoms with van der Waals surface area (Å²) in [6.07, 6.45) is 1.60. The molecule has 1 aromatic carbocycles. The first-order valence-electron chi connectivity index (χ1n) is 6.42. The van der Waals surface area contributed by atoms with Crippen molar-refractivity contribution in [2.24, 2.45) is 0 Å². The van der Waals surface area contributed by atoms with Gasteiger partial charge in [0.05, 0.1) is 12.7 Å². The molecule has 112 valence electrons. The lowest BCUT2D eigenvalue weighted by molar-refractivity contribution is 0.0978. The lowest BCUT2D eigenvalue weighted by Gasteiger charge is -2.20. The molecule has 1 aromatic rings. The van der Waals surface area contributed by atoms with Crippen LogP contribution >= 0.6 is 0 Å². The Morgan fingerprint density at radius 1 is 1.50 bits per heavy atom. The summed E-state index contributed by atoms with van der Waals surface area (Å²) in [5, 5.41) is 8.91. The standard InChI is InChI=1S/C13H18FNO4S/c1-15(8-11-3-2-6-19-11)20(17,18)13-5-4-10(9-16)7-12(13)14/h4-5,7,11,16H,2-3,6,8-9H2,1H3. The van der Waals surface area contributed by atoms with Gasteiger partial charge < -0.3 is 9.84 Å². The maximum Gasteiger partial charge on any atom is 0.245 e. The quantitative estimate of drug-likeness (QED) is 0.885. The topological polar surface area (TPSA) is 66.8 Å². The van der Waals surface area contributed by atoms with Gasteiger partial charge in [-0.2, -0.15) is 4.31 Å². The van der Waals surface area contributed by atoms with Crippen molar-refractivity contribution < 1.29 is 22.7 Å². The van der Waals surface area contributed by atoms with Crippen LogP contribution in [-0.4, -0.2) is 44.1 Å². The molecule has 1 fully saturated rings. The molecule has 0 bridgehead atoms. The molecule has 1 heterocycles. The number of ether oxygens (including phenoxy) is 1. The van der Waals surface area contributed by atoms with Gasteiger partial charge in [-0.05, 0) is 30.5 Å². The number of likely N-dealkylation sites (N-methyl/N-ethyl adjacent to an activating group) is 1. The Morgan fingerprint density at radius 2 is 2.25 bits per heavy atom. The van der Waals surface area contributed by atoms with Gasteiger partial charge in [-0.3, -0.25) is 0 Å². The highest BCUT2D eigenvalue weighted by Crippen LogP contribution is 2.21. The number of hydrogen-bond acceptors (Lipinski definition) is 4. The molecule has 0 aliphatic carbocycles. The zero-order chi connectivity index (χ0) is 14.8. The average Bonchev–Trinajstić information content (AvgIpc) is 2.91. The highest BCUT2D eigenvalue weighted by Gasteiger charge is 2.28. The van der Waals surface area contributed by atoms with E-state index in [1.807, 2.05) is 0 Å². The van der Waals surface area contributed by atoms with E-state index in [9.17, 15) is 12.8 Å². The van der Waals surface area contributed by atoms with E-state index < -0.39 is 15.8 Å². The fourth-order valence-electron chi connectivity index (χ4n) is 2.19. The number of halogens is 1. The largest absolute Gasteiger partial charge is 0.392 e. The van der Waals surface area contributed by atoms with E-state index in [1.165, 1.54) is 19.2 Å². The third-order valence-electron chi connectivity index (χ3n) is 3.35. The van der Waals surface area contributed by atoms with E-state index in [1.54, 1.807) is 0 Å². The molecule has 5 nitrogen and oxygen atoms in total. The van der Waals surface area contributed by atoms with Crippen LogP contribution in [0.1, 0.15) is 18.4 Å². The Hall–Kier alpha value is -1.02. The van der Waals surface area contributed by atoms with Gasteiger partial charge in [0.2, 0.25) is 10.0 Å². The average molecular weight is 303 g/mol. The summed E-state index contributed by atoms with van der Waals surface area (Å²) in [6, 6.07) is 3.62. The van der Waals surface area contributed by atoms with Crippen molar-refractivity contribution in [2.75, 3.05) is 20.2 Å². The summed E-state index contributed by atoms with van der Waals surface area (Å²) < 4.78 is 45.0. The molecule has 0 amide bonds. The molecular weight excluding hydrogens is 285 g/mol. The zero-order valence-electron chi connectivity index (χ0n) is 11.3. The monoisotopic (exact) mass is 303 g/mol. The van der Waals surface area contributed by atoms with Crippen molar-refractivity contribution in [3.05, 3.63) is 29.6 Å². The molecule has 7 heteroatoms. The van der Waals surface area contributed by atoms with E-state index in [0.29, 0.717) is 12.2 Å². The summed E-state index contributed by atoms with van der Waals surface area (Å²) in [6.45, 7) is 0.518. The fraction of sp³-hybridized carbons (Fsp3) is 0.538. The number of sulfonamides is 1. The van der Waals surface area contributed by atoms with Crippen LogP contribution in [0.2, 0.25) is 0 Å². The molecule has 0 spiro atoms. The van der Waals surface area contributed by atoms with E-state index in [2.05, 4.69) is 0 Å². The molecule has 20 heavy (non-hydrogen) atoms. The van der Waals surface area contributed by atoms with Crippen molar-refractivity contribution in [2.45, 2.75) is 30.4 Å². The Kier molecular flexibility index (Phi) is 4.74. The van der Waals surface area contributed by atoms with Gasteiger partial charge in [0.1, 0.15) is 10.7 Å². The van der Waals surface area contributed by atoms with Crippen molar-refractivity contribution in [1.82, 2.24) is 4.31 Å².